The molecule has 5 heteroatoms. The highest BCUT2D eigenvalue weighted by Gasteiger charge is 2.38. The molecule has 1 aromatic carbocycles. The van der Waals surface area contributed by atoms with E-state index in [1.165, 1.54) is 10.4 Å². The van der Waals surface area contributed by atoms with Crippen molar-refractivity contribution in [2.45, 2.75) is 25.3 Å². The number of carbonyl (C=O) groups is 1. The SMILES string of the molecule is CNC(c1ccc2c(c1)C(C)(C)C(=O)N2)c1sccc1Br. The number of carbonyl (C=O) groups excluding carboxylic acids is 1. The third-order valence-corrected chi connectivity index (χ3v) is 6.00. The number of hydrogen-bond donors (Lipinski definition) is 2. The predicted octanol–water partition coefficient (Wildman–Crippen LogP) is 4.05. The van der Waals surface area contributed by atoms with Crippen molar-refractivity contribution in [3.05, 3.63) is 50.1 Å². The van der Waals surface area contributed by atoms with Crippen LogP contribution in [-0.2, 0) is 10.2 Å². The topological polar surface area (TPSA) is 41.1 Å². The fourth-order valence-electron chi connectivity index (χ4n) is 2.73. The average Bonchev–Trinajstić information content (AvgIpc) is 2.95. The van der Waals surface area contributed by atoms with Gasteiger partial charge in [0, 0.05) is 15.0 Å². The van der Waals surface area contributed by atoms with Crippen LogP contribution in [0.5, 0.6) is 0 Å². The molecule has 1 atom stereocenters. The van der Waals surface area contributed by atoms with Crippen molar-refractivity contribution < 1.29 is 4.79 Å². The van der Waals surface area contributed by atoms with Gasteiger partial charge in [-0.25, -0.2) is 0 Å². The molecule has 21 heavy (non-hydrogen) atoms. The number of halogens is 1. The molecule has 0 bridgehead atoms. The monoisotopic (exact) mass is 364 g/mol. The van der Waals surface area contributed by atoms with E-state index >= 15 is 0 Å². The van der Waals surface area contributed by atoms with Crippen molar-refractivity contribution in [3.8, 4) is 0 Å². The molecule has 2 heterocycles. The van der Waals surface area contributed by atoms with E-state index in [1.54, 1.807) is 11.3 Å². The van der Waals surface area contributed by atoms with Crippen molar-refractivity contribution in [3.63, 3.8) is 0 Å². The zero-order valence-corrected chi connectivity index (χ0v) is 14.6. The lowest BCUT2D eigenvalue weighted by Crippen LogP contribution is -2.27. The maximum Gasteiger partial charge on any atom is 0.234 e. The Morgan fingerprint density at radius 3 is 2.71 bits per heavy atom. The molecular weight excluding hydrogens is 348 g/mol. The first-order valence-electron chi connectivity index (χ1n) is 6.81. The lowest BCUT2D eigenvalue weighted by atomic mass is 9.84. The lowest BCUT2D eigenvalue weighted by molar-refractivity contribution is -0.119. The molecule has 1 aromatic heterocycles. The predicted molar refractivity (Wildman–Crippen MR) is 91.0 cm³/mol. The van der Waals surface area contributed by atoms with Crippen LogP contribution in [0, 0.1) is 0 Å². The Morgan fingerprint density at radius 2 is 2.10 bits per heavy atom. The van der Waals surface area contributed by atoms with Crippen molar-refractivity contribution in [2.75, 3.05) is 12.4 Å². The summed E-state index contributed by atoms with van der Waals surface area (Å²) >= 11 is 5.32. The number of nitrogens with one attached hydrogen (secondary N) is 2. The minimum Gasteiger partial charge on any atom is -0.325 e. The molecule has 0 saturated carbocycles. The highest BCUT2D eigenvalue weighted by Crippen LogP contribution is 2.40. The molecule has 1 unspecified atom stereocenters. The van der Waals surface area contributed by atoms with Crippen molar-refractivity contribution in [1.82, 2.24) is 5.32 Å². The summed E-state index contributed by atoms with van der Waals surface area (Å²) in [5, 5.41) is 8.39. The maximum absolute atomic E-state index is 12.1. The Balaban J connectivity index is 2.07. The van der Waals surface area contributed by atoms with Gasteiger partial charge in [-0.2, -0.15) is 0 Å². The zero-order valence-electron chi connectivity index (χ0n) is 12.2. The van der Waals surface area contributed by atoms with E-state index in [0.717, 1.165) is 15.7 Å². The first kappa shape index (κ1) is 14.8. The number of fused-ring (bicyclic) bond motifs is 1. The standard InChI is InChI=1S/C16H17BrN2OS/c1-16(2)10-8-9(4-5-12(10)19-15(16)20)13(18-3)14-11(17)6-7-21-14/h4-8,13,18H,1-3H3,(H,19,20). The molecule has 0 saturated heterocycles. The molecule has 2 N–H and O–H groups in total. The summed E-state index contributed by atoms with van der Waals surface area (Å²) in [6.45, 7) is 3.93. The van der Waals surface area contributed by atoms with Gasteiger partial charge < -0.3 is 10.6 Å². The van der Waals surface area contributed by atoms with Crippen LogP contribution >= 0.6 is 27.3 Å². The van der Waals surface area contributed by atoms with Gasteiger partial charge >= 0.3 is 0 Å². The van der Waals surface area contributed by atoms with Crippen molar-refractivity contribution in [1.29, 1.82) is 0 Å². The molecule has 2 aromatic rings. The summed E-state index contributed by atoms with van der Waals surface area (Å²) in [4.78, 5) is 13.3. The van der Waals surface area contributed by atoms with Crippen LogP contribution in [-0.4, -0.2) is 13.0 Å². The van der Waals surface area contributed by atoms with E-state index in [2.05, 4.69) is 50.1 Å². The van der Waals surface area contributed by atoms with E-state index in [-0.39, 0.29) is 11.9 Å². The molecule has 1 aliphatic rings. The number of thiophene rings is 1. The van der Waals surface area contributed by atoms with Gasteiger partial charge in [-0.15, -0.1) is 11.3 Å². The Morgan fingerprint density at radius 1 is 1.33 bits per heavy atom. The molecule has 1 amide bonds. The van der Waals surface area contributed by atoms with Crippen LogP contribution in [0.1, 0.15) is 35.9 Å². The largest absolute Gasteiger partial charge is 0.325 e. The Kier molecular flexibility index (Phi) is 3.67. The van der Waals surface area contributed by atoms with Gasteiger partial charge in [-0.05, 0) is 65.5 Å². The smallest absolute Gasteiger partial charge is 0.234 e. The van der Waals surface area contributed by atoms with E-state index in [1.807, 2.05) is 27.0 Å². The number of anilines is 1. The Hall–Kier alpha value is -1.17. The van der Waals surface area contributed by atoms with Crippen LogP contribution in [0.4, 0.5) is 5.69 Å². The molecule has 3 rings (SSSR count). The highest BCUT2D eigenvalue weighted by atomic mass is 79.9. The molecule has 0 aliphatic carbocycles. The third-order valence-electron chi connectivity index (χ3n) is 4.06. The fourth-order valence-corrected chi connectivity index (χ4v) is 4.47. The van der Waals surface area contributed by atoms with Crippen LogP contribution in [0.3, 0.4) is 0 Å². The summed E-state index contributed by atoms with van der Waals surface area (Å²) in [7, 11) is 1.96. The Bertz CT molecular complexity index is 708. The summed E-state index contributed by atoms with van der Waals surface area (Å²) in [6.07, 6.45) is 0. The number of rotatable bonds is 3. The number of amides is 1. The molecule has 0 spiro atoms. The summed E-state index contributed by atoms with van der Waals surface area (Å²) in [5.74, 6) is 0.0629. The normalized spacial score (nSPS) is 17.4. The first-order chi connectivity index (χ1) is 9.95. The van der Waals surface area contributed by atoms with E-state index in [0.29, 0.717) is 0 Å². The molecule has 1 aliphatic heterocycles. The van der Waals surface area contributed by atoms with Gasteiger partial charge in [0.25, 0.3) is 0 Å². The van der Waals surface area contributed by atoms with E-state index < -0.39 is 5.41 Å². The number of benzene rings is 1. The Labute approximate surface area is 136 Å². The summed E-state index contributed by atoms with van der Waals surface area (Å²) < 4.78 is 1.11. The van der Waals surface area contributed by atoms with Gasteiger partial charge in [0.05, 0.1) is 11.5 Å². The van der Waals surface area contributed by atoms with E-state index in [4.69, 9.17) is 0 Å². The van der Waals surface area contributed by atoms with Gasteiger partial charge in [0.15, 0.2) is 0 Å². The zero-order chi connectivity index (χ0) is 15.2. The van der Waals surface area contributed by atoms with Crippen molar-refractivity contribution in [2.24, 2.45) is 0 Å². The highest BCUT2D eigenvalue weighted by molar-refractivity contribution is 9.10. The van der Waals surface area contributed by atoms with Crippen LogP contribution in [0.15, 0.2) is 34.1 Å². The minimum atomic E-state index is -0.476. The molecule has 0 radical (unpaired) electrons. The van der Waals surface area contributed by atoms with Crippen LogP contribution in [0.25, 0.3) is 0 Å². The fraction of sp³-hybridized carbons (Fsp3) is 0.312. The summed E-state index contributed by atoms with van der Waals surface area (Å²) in [6, 6.07) is 8.40. The van der Waals surface area contributed by atoms with Crippen LogP contribution in [0.2, 0.25) is 0 Å². The van der Waals surface area contributed by atoms with Crippen LogP contribution < -0.4 is 10.6 Å². The first-order valence-corrected chi connectivity index (χ1v) is 8.48. The molecule has 3 nitrogen and oxygen atoms in total. The van der Waals surface area contributed by atoms with E-state index in [9.17, 15) is 4.79 Å². The third kappa shape index (κ3) is 2.33. The quantitative estimate of drug-likeness (QED) is 0.862. The van der Waals surface area contributed by atoms with Gasteiger partial charge in [-0.1, -0.05) is 12.1 Å². The van der Waals surface area contributed by atoms with Gasteiger partial charge in [-0.3, -0.25) is 4.79 Å². The minimum absolute atomic E-state index is 0.0629. The lowest BCUT2D eigenvalue weighted by Gasteiger charge is -2.20. The average molecular weight is 365 g/mol. The molecular formula is C16H17BrN2OS. The van der Waals surface area contributed by atoms with Crippen molar-refractivity contribution >= 4 is 38.9 Å². The number of hydrogen-bond acceptors (Lipinski definition) is 3. The second-order valence-corrected chi connectivity index (χ2v) is 7.54. The second kappa shape index (κ2) is 5.23. The van der Waals surface area contributed by atoms with Gasteiger partial charge in [0.1, 0.15) is 0 Å². The summed E-state index contributed by atoms with van der Waals surface area (Å²) in [5.41, 5.74) is 2.69. The molecule has 110 valence electrons. The maximum atomic E-state index is 12.1. The van der Waals surface area contributed by atoms with Gasteiger partial charge in [0.2, 0.25) is 5.91 Å². The second-order valence-electron chi connectivity index (χ2n) is 5.74. The molecule has 0 fully saturated rings.